The van der Waals surface area contributed by atoms with E-state index in [1.54, 1.807) is 32.2 Å². The highest BCUT2D eigenvalue weighted by Gasteiger charge is 2.31. The van der Waals surface area contributed by atoms with Crippen molar-refractivity contribution >= 4 is 24.0 Å². The van der Waals surface area contributed by atoms with Gasteiger partial charge in [-0.1, -0.05) is 6.92 Å². The molecule has 0 bridgehead atoms. The summed E-state index contributed by atoms with van der Waals surface area (Å²) < 4.78 is 20.7. The minimum Gasteiger partial charge on any atom is -0.497 e. The van der Waals surface area contributed by atoms with Crippen molar-refractivity contribution in [2.24, 2.45) is 0 Å². The van der Waals surface area contributed by atoms with E-state index in [1.165, 1.54) is 19.3 Å². The maximum Gasteiger partial charge on any atom is 0.338 e. The molecule has 0 fully saturated rings. The molecule has 1 aliphatic heterocycles. The number of benzene rings is 1. The van der Waals surface area contributed by atoms with Crippen LogP contribution in [0.2, 0.25) is 0 Å². The first-order valence-electron chi connectivity index (χ1n) is 9.47. The zero-order valence-electron chi connectivity index (χ0n) is 17.4. The molecule has 2 amide bonds. The minimum atomic E-state index is -0.649. The SMILES string of the molecule is CCOC(=O)C1=C(COC(=O)/C=C/c2ccc(OC)cc2OC)NC(=O)NC1CC. The van der Waals surface area contributed by atoms with Crippen molar-refractivity contribution < 1.29 is 33.3 Å². The van der Waals surface area contributed by atoms with Crippen LogP contribution in [0.4, 0.5) is 4.79 Å². The van der Waals surface area contributed by atoms with Gasteiger partial charge in [0, 0.05) is 17.7 Å². The molecule has 0 aromatic heterocycles. The average Bonchev–Trinajstić information content (AvgIpc) is 2.75. The molecule has 0 aliphatic carbocycles. The molecule has 0 saturated heterocycles. The third kappa shape index (κ3) is 5.76. The lowest BCUT2D eigenvalue weighted by Crippen LogP contribution is -2.51. The Kier molecular flexibility index (Phi) is 8.28. The number of esters is 2. The summed E-state index contributed by atoms with van der Waals surface area (Å²) in [6.07, 6.45) is 3.25. The molecule has 9 nitrogen and oxygen atoms in total. The molecule has 2 N–H and O–H groups in total. The minimum absolute atomic E-state index is 0.187. The number of rotatable bonds is 9. The van der Waals surface area contributed by atoms with Gasteiger partial charge in [-0.2, -0.15) is 0 Å². The van der Waals surface area contributed by atoms with E-state index < -0.39 is 24.0 Å². The van der Waals surface area contributed by atoms with Gasteiger partial charge in [0.1, 0.15) is 18.1 Å². The Balaban J connectivity index is 2.13. The second-order valence-corrected chi connectivity index (χ2v) is 6.22. The van der Waals surface area contributed by atoms with Crippen LogP contribution in [0, 0.1) is 0 Å². The van der Waals surface area contributed by atoms with Crippen molar-refractivity contribution in [1.29, 1.82) is 0 Å². The van der Waals surface area contributed by atoms with Crippen LogP contribution in [0.1, 0.15) is 25.8 Å². The van der Waals surface area contributed by atoms with E-state index in [4.69, 9.17) is 18.9 Å². The number of methoxy groups -OCH3 is 2. The van der Waals surface area contributed by atoms with Crippen molar-refractivity contribution in [1.82, 2.24) is 10.6 Å². The van der Waals surface area contributed by atoms with Crippen molar-refractivity contribution in [3.8, 4) is 11.5 Å². The predicted molar refractivity (Wildman–Crippen MR) is 109 cm³/mol. The summed E-state index contributed by atoms with van der Waals surface area (Å²) >= 11 is 0. The normalized spacial score (nSPS) is 16.0. The molecule has 162 valence electrons. The van der Waals surface area contributed by atoms with Crippen LogP contribution in [0.25, 0.3) is 6.08 Å². The van der Waals surface area contributed by atoms with Gasteiger partial charge in [0.15, 0.2) is 0 Å². The zero-order chi connectivity index (χ0) is 22.1. The van der Waals surface area contributed by atoms with Gasteiger partial charge in [-0.3, -0.25) is 0 Å². The van der Waals surface area contributed by atoms with E-state index in [0.717, 1.165) is 0 Å². The highest BCUT2D eigenvalue weighted by atomic mass is 16.5. The molecule has 1 aliphatic rings. The summed E-state index contributed by atoms with van der Waals surface area (Å²) in [4.78, 5) is 36.3. The monoisotopic (exact) mass is 418 g/mol. The van der Waals surface area contributed by atoms with E-state index in [0.29, 0.717) is 23.5 Å². The molecular weight excluding hydrogens is 392 g/mol. The summed E-state index contributed by atoms with van der Waals surface area (Å²) in [6, 6.07) is 4.17. The standard InChI is InChI=1S/C21H26N2O7/c1-5-15-19(20(25)29-6-2)16(23-21(26)22-15)12-30-18(24)10-8-13-7-9-14(27-3)11-17(13)28-4/h7-11,15H,5-6,12H2,1-4H3,(H2,22,23,26)/b10-8+. The van der Waals surface area contributed by atoms with E-state index >= 15 is 0 Å². The van der Waals surface area contributed by atoms with Gasteiger partial charge in [-0.05, 0) is 31.6 Å². The Bertz CT molecular complexity index is 861. The molecule has 1 aromatic carbocycles. The maximum absolute atomic E-state index is 12.3. The Morgan fingerprint density at radius 2 is 1.90 bits per heavy atom. The third-order valence-corrected chi connectivity index (χ3v) is 4.35. The summed E-state index contributed by atoms with van der Waals surface area (Å²) in [5.74, 6) is -0.0648. The van der Waals surface area contributed by atoms with E-state index in [2.05, 4.69) is 10.6 Å². The molecule has 30 heavy (non-hydrogen) atoms. The van der Waals surface area contributed by atoms with Gasteiger partial charge in [0.05, 0.1) is 38.1 Å². The first-order chi connectivity index (χ1) is 14.4. The third-order valence-electron chi connectivity index (χ3n) is 4.35. The predicted octanol–water partition coefficient (Wildman–Crippen LogP) is 2.17. The summed E-state index contributed by atoms with van der Waals surface area (Å²) in [7, 11) is 3.06. The van der Waals surface area contributed by atoms with Crippen molar-refractivity contribution in [2.75, 3.05) is 27.4 Å². The topological polar surface area (TPSA) is 112 Å². The van der Waals surface area contributed by atoms with Gasteiger partial charge in [0.2, 0.25) is 0 Å². The van der Waals surface area contributed by atoms with Crippen LogP contribution in [0.15, 0.2) is 35.5 Å². The molecular formula is C21H26N2O7. The van der Waals surface area contributed by atoms with Crippen molar-refractivity contribution in [2.45, 2.75) is 26.3 Å². The van der Waals surface area contributed by atoms with Gasteiger partial charge in [-0.25, -0.2) is 14.4 Å². The number of urea groups is 1. The summed E-state index contributed by atoms with van der Waals surface area (Å²) in [5.41, 5.74) is 1.10. The molecule has 1 atom stereocenters. The number of hydrogen-bond acceptors (Lipinski definition) is 7. The smallest absolute Gasteiger partial charge is 0.338 e. The fourth-order valence-electron chi connectivity index (χ4n) is 2.88. The van der Waals surface area contributed by atoms with Crippen LogP contribution < -0.4 is 20.1 Å². The zero-order valence-corrected chi connectivity index (χ0v) is 17.4. The Morgan fingerprint density at radius 1 is 1.13 bits per heavy atom. The second-order valence-electron chi connectivity index (χ2n) is 6.22. The molecule has 1 unspecified atom stereocenters. The maximum atomic E-state index is 12.3. The fourth-order valence-corrected chi connectivity index (χ4v) is 2.88. The Labute approximate surface area is 175 Å². The highest BCUT2D eigenvalue weighted by molar-refractivity contribution is 5.95. The molecule has 2 rings (SSSR count). The van der Waals surface area contributed by atoms with E-state index in [-0.39, 0.29) is 24.5 Å². The molecule has 0 spiro atoms. The number of amides is 2. The van der Waals surface area contributed by atoms with E-state index in [9.17, 15) is 14.4 Å². The Morgan fingerprint density at radius 3 is 2.53 bits per heavy atom. The average molecular weight is 418 g/mol. The van der Waals surface area contributed by atoms with Gasteiger partial charge < -0.3 is 29.6 Å². The van der Waals surface area contributed by atoms with Crippen molar-refractivity contribution in [3.05, 3.63) is 41.1 Å². The quantitative estimate of drug-likeness (QED) is 0.467. The lowest BCUT2D eigenvalue weighted by molar-refractivity contribution is -0.140. The van der Waals surface area contributed by atoms with Gasteiger partial charge >= 0.3 is 18.0 Å². The highest BCUT2D eigenvalue weighted by Crippen LogP contribution is 2.25. The largest absolute Gasteiger partial charge is 0.497 e. The first kappa shape index (κ1) is 22.8. The van der Waals surface area contributed by atoms with Gasteiger partial charge in [0.25, 0.3) is 0 Å². The molecule has 9 heteroatoms. The molecule has 1 aromatic rings. The molecule has 0 radical (unpaired) electrons. The summed E-state index contributed by atoms with van der Waals surface area (Å²) in [6.45, 7) is 3.42. The number of carbonyl (C=O) groups is 3. The van der Waals surface area contributed by atoms with Gasteiger partial charge in [-0.15, -0.1) is 0 Å². The second kappa shape index (κ2) is 10.9. The van der Waals surface area contributed by atoms with Crippen molar-refractivity contribution in [3.63, 3.8) is 0 Å². The lowest BCUT2D eigenvalue weighted by Gasteiger charge is -2.28. The van der Waals surface area contributed by atoms with Crippen LogP contribution in [-0.4, -0.2) is 51.4 Å². The first-order valence-corrected chi connectivity index (χ1v) is 9.47. The number of ether oxygens (including phenoxy) is 4. The van der Waals surface area contributed by atoms with Crippen LogP contribution >= 0.6 is 0 Å². The molecule has 0 saturated carbocycles. The van der Waals surface area contributed by atoms with Crippen LogP contribution in [-0.2, 0) is 19.1 Å². The molecule has 1 heterocycles. The number of nitrogens with one attached hydrogen (secondary N) is 2. The fraction of sp³-hybridized carbons (Fsp3) is 0.381. The number of carbonyl (C=O) groups excluding carboxylic acids is 3. The lowest BCUT2D eigenvalue weighted by atomic mass is 10.0. The van der Waals surface area contributed by atoms with Crippen LogP contribution in [0.5, 0.6) is 11.5 Å². The van der Waals surface area contributed by atoms with E-state index in [1.807, 2.05) is 6.92 Å². The summed E-state index contributed by atoms with van der Waals surface area (Å²) in [5, 5.41) is 5.18. The van der Waals surface area contributed by atoms with Crippen LogP contribution in [0.3, 0.4) is 0 Å². The Hall–Kier alpha value is -3.49. The number of hydrogen-bond donors (Lipinski definition) is 2.